The first-order chi connectivity index (χ1) is 9.76. The first kappa shape index (κ1) is 14.8. The Hall–Kier alpha value is -1.59. The van der Waals surface area contributed by atoms with Crippen molar-refractivity contribution in [1.82, 2.24) is 10.3 Å². The van der Waals surface area contributed by atoms with Crippen LogP contribution in [0, 0.1) is 0 Å². The van der Waals surface area contributed by atoms with Gasteiger partial charge in [0.2, 0.25) is 0 Å². The number of benzene rings is 1. The number of hydrogen-bond donors (Lipinski definition) is 1. The number of methoxy groups -OCH3 is 2. The van der Waals surface area contributed by atoms with Crippen LogP contribution in [0.1, 0.15) is 22.4 Å². The highest BCUT2D eigenvalue weighted by Crippen LogP contribution is 2.27. The van der Waals surface area contributed by atoms with E-state index < -0.39 is 0 Å². The molecule has 20 heavy (non-hydrogen) atoms. The number of hydrogen-bond acceptors (Lipinski definition) is 5. The molecule has 0 fully saturated rings. The van der Waals surface area contributed by atoms with E-state index in [0.717, 1.165) is 31.0 Å². The SMILES string of the molecule is CCc1ncc(CNCc2ccc(OC)c(OC)c2)s1. The summed E-state index contributed by atoms with van der Waals surface area (Å²) in [4.78, 5) is 5.62. The van der Waals surface area contributed by atoms with Gasteiger partial charge in [-0.05, 0) is 24.1 Å². The van der Waals surface area contributed by atoms with Crippen LogP contribution >= 0.6 is 11.3 Å². The zero-order valence-corrected chi connectivity index (χ0v) is 12.9. The van der Waals surface area contributed by atoms with Gasteiger partial charge < -0.3 is 14.8 Å². The Morgan fingerprint density at radius 2 is 1.95 bits per heavy atom. The van der Waals surface area contributed by atoms with Gasteiger partial charge in [-0.2, -0.15) is 0 Å². The summed E-state index contributed by atoms with van der Waals surface area (Å²) in [6, 6.07) is 5.96. The van der Waals surface area contributed by atoms with Gasteiger partial charge in [0.05, 0.1) is 19.2 Å². The van der Waals surface area contributed by atoms with Crippen LogP contribution in [-0.2, 0) is 19.5 Å². The molecule has 0 aliphatic rings. The first-order valence-electron chi connectivity index (χ1n) is 6.62. The zero-order valence-electron chi connectivity index (χ0n) is 12.1. The Morgan fingerprint density at radius 1 is 1.15 bits per heavy atom. The number of aryl methyl sites for hydroxylation is 1. The molecule has 0 aliphatic heterocycles. The maximum atomic E-state index is 5.30. The lowest BCUT2D eigenvalue weighted by molar-refractivity contribution is 0.354. The molecule has 0 saturated heterocycles. The topological polar surface area (TPSA) is 43.4 Å². The summed E-state index contributed by atoms with van der Waals surface area (Å²) in [6.45, 7) is 3.76. The van der Waals surface area contributed by atoms with Crippen molar-refractivity contribution in [3.63, 3.8) is 0 Å². The monoisotopic (exact) mass is 292 g/mol. The highest BCUT2D eigenvalue weighted by molar-refractivity contribution is 7.11. The van der Waals surface area contributed by atoms with Crippen molar-refractivity contribution in [3.05, 3.63) is 39.8 Å². The fraction of sp³-hybridized carbons (Fsp3) is 0.400. The van der Waals surface area contributed by atoms with Crippen molar-refractivity contribution >= 4 is 11.3 Å². The molecule has 1 aromatic carbocycles. The lowest BCUT2D eigenvalue weighted by Crippen LogP contribution is -2.11. The molecule has 1 heterocycles. The fourth-order valence-corrected chi connectivity index (χ4v) is 2.75. The largest absolute Gasteiger partial charge is 0.493 e. The maximum absolute atomic E-state index is 5.30. The van der Waals surface area contributed by atoms with Gasteiger partial charge >= 0.3 is 0 Å². The highest BCUT2D eigenvalue weighted by atomic mass is 32.1. The van der Waals surface area contributed by atoms with Crippen LogP contribution in [0.2, 0.25) is 0 Å². The first-order valence-corrected chi connectivity index (χ1v) is 7.43. The van der Waals surface area contributed by atoms with Gasteiger partial charge in [-0.15, -0.1) is 11.3 Å². The molecule has 1 N–H and O–H groups in total. The number of nitrogens with one attached hydrogen (secondary N) is 1. The highest BCUT2D eigenvalue weighted by Gasteiger charge is 2.05. The third kappa shape index (κ3) is 3.71. The van der Waals surface area contributed by atoms with Gasteiger partial charge in [-0.25, -0.2) is 4.98 Å². The van der Waals surface area contributed by atoms with E-state index in [1.54, 1.807) is 25.6 Å². The fourth-order valence-electron chi connectivity index (χ4n) is 1.91. The molecule has 0 amide bonds. The Balaban J connectivity index is 1.90. The van der Waals surface area contributed by atoms with Crippen molar-refractivity contribution in [2.75, 3.05) is 14.2 Å². The number of nitrogens with zero attached hydrogens (tertiary/aromatic N) is 1. The molecule has 0 spiro atoms. The predicted octanol–water partition coefficient (Wildman–Crippen LogP) is 3.01. The molecule has 2 aromatic rings. The van der Waals surface area contributed by atoms with Gasteiger partial charge in [0.1, 0.15) is 0 Å². The number of aromatic nitrogens is 1. The van der Waals surface area contributed by atoms with E-state index in [2.05, 4.69) is 17.2 Å². The molecule has 0 bridgehead atoms. The van der Waals surface area contributed by atoms with Gasteiger partial charge in [-0.1, -0.05) is 13.0 Å². The maximum Gasteiger partial charge on any atom is 0.161 e. The minimum Gasteiger partial charge on any atom is -0.493 e. The standard InChI is InChI=1S/C15H20N2O2S/c1-4-15-17-10-12(20-15)9-16-8-11-5-6-13(18-2)14(7-11)19-3/h5-7,10,16H,4,8-9H2,1-3H3. The quantitative estimate of drug-likeness (QED) is 0.852. The van der Waals surface area contributed by atoms with E-state index in [9.17, 15) is 0 Å². The van der Waals surface area contributed by atoms with Gasteiger partial charge in [0, 0.05) is 24.2 Å². The van der Waals surface area contributed by atoms with Crippen LogP contribution in [0.25, 0.3) is 0 Å². The van der Waals surface area contributed by atoms with E-state index in [0.29, 0.717) is 0 Å². The van der Waals surface area contributed by atoms with E-state index in [1.807, 2.05) is 24.4 Å². The summed E-state index contributed by atoms with van der Waals surface area (Å²) in [5.41, 5.74) is 1.17. The smallest absolute Gasteiger partial charge is 0.161 e. The van der Waals surface area contributed by atoms with Crippen LogP contribution < -0.4 is 14.8 Å². The van der Waals surface area contributed by atoms with Gasteiger partial charge in [0.15, 0.2) is 11.5 Å². The molecule has 0 unspecified atom stereocenters. The molecule has 0 radical (unpaired) electrons. The number of thiazole rings is 1. The van der Waals surface area contributed by atoms with Crippen molar-refractivity contribution < 1.29 is 9.47 Å². The average Bonchev–Trinajstić information content (AvgIpc) is 2.95. The van der Waals surface area contributed by atoms with Crippen LogP contribution in [0.3, 0.4) is 0 Å². The molecule has 1 aromatic heterocycles. The van der Waals surface area contributed by atoms with Crippen molar-refractivity contribution in [1.29, 1.82) is 0 Å². The minimum absolute atomic E-state index is 0.756. The van der Waals surface area contributed by atoms with Crippen LogP contribution in [-0.4, -0.2) is 19.2 Å². The lowest BCUT2D eigenvalue weighted by Gasteiger charge is -2.10. The summed E-state index contributed by atoms with van der Waals surface area (Å²) < 4.78 is 10.5. The summed E-state index contributed by atoms with van der Waals surface area (Å²) in [7, 11) is 3.30. The van der Waals surface area contributed by atoms with E-state index in [-0.39, 0.29) is 0 Å². The second kappa shape index (κ2) is 7.26. The predicted molar refractivity (Wildman–Crippen MR) is 81.6 cm³/mol. The molecule has 5 heteroatoms. The Morgan fingerprint density at radius 3 is 2.60 bits per heavy atom. The second-order valence-corrected chi connectivity index (χ2v) is 5.57. The molecular formula is C15H20N2O2S. The third-order valence-corrected chi connectivity index (χ3v) is 4.12. The molecule has 0 aliphatic carbocycles. The summed E-state index contributed by atoms with van der Waals surface area (Å²) in [5.74, 6) is 1.52. The third-order valence-electron chi connectivity index (χ3n) is 2.98. The Bertz CT molecular complexity index is 555. The van der Waals surface area contributed by atoms with Crippen molar-refractivity contribution in [2.45, 2.75) is 26.4 Å². The second-order valence-electron chi connectivity index (χ2n) is 4.37. The Kier molecular flexibility index (Phi) is 5.38. The summed E-state index contributed by atoms with van der Waals surface area (Å²) in [5, 5.41) is 4.61. The minimum atomic E-state index is 0.756. The molecule has 108 valence electrons. The summed E-state index contributed by atoms with van der Waals surface area (Å²) in [6.07, 6.45) is 2.95. The van der Waals surface area contributed by atoms with Crippen LogP contribution in [0.15, 0.2) is 24.4 Å². The van der Waals surface area contributed by atoms with Crippen LogP contribution in [0.5, 0.6) is 11.5 Å². The van der Waals surface area contributed by atoms with Crippen molar-refractivity contribution in [3.8, 4) is 11.5 Å². The molecular weight excluding hydrogens is 272 g/mol. The molecule has 4 nitrogen and oxygen atoms in total. The zero-order chi connectivity index (χ0) is 14.4. The molecule has 0 saturated carbocycles. The van der Waals surface area contributed by atoms with E-state index in [4.69, 9.17) is 9.47 Å². The molecule has 2 rings (SSSR count). The Labute approximate surface area is 123 Å². The summed E-state index contributed by atoms with van der Waals surface area (Å²) >= 11 is 1.76. The van der Waals surface area contributed by atoms with E-state index >= 15 is 0 Å². The van der Waals surface area contributed by atoms with Crippen molar-refractivity contribution in [2.24, 2.45) is 0 Å². The average molecular weight is 292 g/mol. The molecule has 0 atom stereocenters. The van der Waals surface area contributed by atoms with E-state index in [1.165, 1.54) is 15.4 Å². The van der Waals surface area contributed by atoms with Gasteiger partial charge in [0.25, 0.3) is 0 Å². The number of ether oxygens (including phenoxy) is 2. The van der Waals surface area contributed by atoms with Gasteiger partial charge in [-0.3, -0.25) is 0 Å². The number of rotatable bonds is 7. The van der Waals surface area contributed by atoms with Crippen LogP contribution in [0.4, 0.5) is 0 Å². The lowest BCUT2D eigenvalue weighted by atomic mass is 10.2. The normalized spacial score (nSPS) is 10.6.